The molecule has 4 aromatic rings. The number of hydrogen-bond donors (Lipinski definition) is 0. The van der Waals surface area contributed by atoms with Gasteiger partial charge in [0.1, 0.15) is 23.0 Å². The van der Waals surface area contributed by atoms with E-state index in [0.29, 0.717) is 17.7 Å². The lowest BCUT2D eigenvalue weighted by Gasteiger charge is -2.20. The van der Waals surface area contributed by atoms with Gasteiger partial charge in [-0.25, -0.2) is 22.5 Å². The second kappa shape index (κ2) is 7.63. The minimum Gasteiger partial charge on any atom is -0.279 e. The molecule has 0 spiro atoms. The van der Waals surface area contributed by atoms with Gasteiger partial charge in [0.25, 0.3) is 5.91 Å². The summed E-state index contributed by atoms with van der Waals surface area (Å²) >= 11 is 0.902. The Hall–Kier alpha value is -3.26. The van der Waals surface area contributed by atoms with E-state index in [1.54, 1.807) is 30.3 Å². The van der Waals surface area contributed by atoms with Crippen molar-refractivity contribution >= 4 is 32.6 Å². The Kier molecular flexibility index (Phi) is 5.02. The van der Waals surface area contributed by atoms with Crippen molar-refractivity contribution in [3.05, 3.63) is 95.1 Å². The first-order valence-corrected chi connectivity index (χ1v) is 9.30. The molecule has 0 aliphatic rings. The molecule has 3 nitrogen and oxygen atoms in total. The number of halogens is 4. The highest BCUT2D eigenvalue weighted by molar-refractivity contribution is 7.22. The number of carbonyl (C=O) groups is 1. The first-order chi connectivity index (χ1) is 13.9. The molecule has 0 bridgehead atoms. The Morgan fingerprint density at radius 2 is 1.62 bits per heavy atom. The molecule has 29 heavy (non-hydrogen) atoms. The van der Waals surface area contributed by atoms with E-state index in [0.717, 1.165) is 34.4 Å². The summed E-state index contributed by atoms with van der Waals surface area (Å²) < 4.78 is 55.3. The van der Waals surface area contributed by atoms with Crippen LogP contribution in [0.15, 0.2) is 60.7 Å². The van der Waals surface area contributed by atoms with Gasteiger partial charge in [-0.05, 0) is 23.8 Å². The van der Waals surface area contributed by atoms with Crippen LogP contribution in [0.3, 0.4) is 0 Å². The fourth-order valence-corrected chi connectivity index (χ4v) is 3.86. The number of amides is 1. The minimum absolute atomic E-state index is 0.0143. The fourth-order valence-electron chi connectivity index (χ4n) is 2.86. The van der Waals surface area contributed by atoms with E-state index in [9.17, 15) is 22.4 Å². The molecule has 1 aromatic heterocycles. The normalized spacial score (nSPS) is 11.0. The highest BCUT2D eigenvalue weighted by Gasteiger charge is 2.25. The van der Waals surface area contributed by atoms with E-state index in [1.807, 2.05) is 0 Å². The Labute approximate surface area is 166 Å². The molecule has 0 fully saturated rings. The van der Waals surface area contributed by atoms with Gasteiger partial charge in [-0.3, -0.25) is 9.69 Å². The summed E-state index contributed by atoms with van der Waals surface area (Å²) in [4.78, 5) is 18.4. The maximum Gasteiger partial charge on any atom is 0.263 e. The molecule has 0 saturated carbocycles. The van der Waals surface area contributed by atoms with Crippen molar-refractivity contribution in [3.8, 4) is 0 Å². The largest absolute Gasteiger partial charge is 0.279 e. The number of carbonyl (C=O) groups excluding carboxylic acids is 1. The Morgan fingerprint density at radius 1 is 0.897 bits per heavy atom. The highest BCUT2D eigenvalue weighted by Crippen LogP contribution is 2.33. The van der Waals surface area contributed by atoms with Crippen molar-refractivity contribution in [1.29, 1.82) is 0 Å². The third-order valence-electron chi connectivity index (χ3n) is 4.22. The zero-order valence-electron chi connectivity index (χ0n) is 14.7. The lowest BCUT2D eigenvalue weighted by atomic mass is 10.1. The van der Waals surface area contributed by atoms with Crippen molar-refractivity contribution in [2.45, 2.75) is 6.54 Å². The number of rotatable bonds is 4. The number of anilines is 1. The van der Waals surface area contributed by atoms with Gasteiger partial charge in [0.2, 0.25) is 0 Å². The molecule has 146 valence electrons. The first kappa shape index (κ1) is 19.1. The standard InChI is InChI=1S/C21H12F4N2OS/c22-13-6-7-15(16(24)8-13)20(28)27(11-12-4-2-1-3-5-12)21-26-19-17(25)9-14(23)10-18(19)29-21/h1-10H,11H2. The third-order valence-corrected chi connectivity index (χ3v) is 5.25. The molecule has 0 radical (unpaired) electrons. The maximum absolute atomic E-state index is 14.2. The maximum atomic E-state index is 14.2. The number of hydrogen-bond acceptors (Lipinski definition) is 3. The monoisotopic (exact) mass is 416 g/mol. The van der Waals surface area contributed by atoms with Crippen LogP contribution in [-0.4, -0.2) is 10.9 Å². The van der Waals surface area contributed by atoms with Crippen molar-refractivity contribution < 1.29 is 22.4 Å². The van der Waals surface area contributed by atoms with Gasteiger partial charge in [-0.1, -0.05) is 41.7 Å². The van der Waals surface area contributed by atoms with Crippen molar-refractivity contribution in [2.75, 3.05) is 4.90 Å². The minimum atomic E-state index is -1.02. The average molecular weight is 416 g/mol. The van der Waals surface area contributed by atoms with Crippen LogP contribution >= 0.6 is 11.3 Å². The number of nitrogens with zero attached hydrogens (tertiary/aromatic N) is 2. The molecule has 0 unspecified atom stereocenters. The Morgan fingerprint density at radius 3 is 2.34 bits per heavy atom. The zero-order valence-corrected chi connectivity index (χ0v) is 15.5. The van der Waals surface area contributed by atoms with Crippen LogP contribution in [0.5, 0.6) is 0 Å². The van der Waals surface area contributed by atoms with Crippen LogP contribution in [0, 0.1) is 23.3 Å². The second-order valence-corrected chi connectivity index (χ2v) is 7.24. The van der Waals surface area contributed by atoms with Gasteiger partial charge < -0.3 is 0 Å². The van der Waals surface area contributed by atoms with Crippen molar-refractivity contribution in [1.82, 2.24) is 4.98 Å². The van der Waals surface area contributed by atoms with Gasteiger partial charge in [-0.15, -0.1) is 0 Å². The average Bonchev–Trinajstić information content (AvgIpc) is 3.10. The third kappa shape index (κ3) is 3.84. The quantitative estimate of drug-likeness (QED) is 0.400. The van der Waals surface area contributed by atoms with Crippen LogP contribution in [-0.2, 0) is 6.54 Å². The molecule has 8 heteroatoms. The van der Waals surface area contributed by atoms with E-state index in [2.05, 4.69) is 4.98 Å². The SMILES string of the molecule is O=C(c1ccc(F)cc1F)N(Cc1ccccc1)c1nc2c(F)cc(F)cc2s1. The topological polar surface area (TPSA) is 33.2 Å². The van der Waals surface area contributed by atoms with Crippen LogP contribution in [0.1, 0.15) is 15.9 Å². The summed E-state index contributed by atoms with van der Waals surface area (Å²) in [6.07, 6.45) is 0. The summed E-state index contributed by atoms with van der Waals surface area (Å²) in [7, 11) is 0. The first-order valence-electron chi connectivity index (χ1n) is 8.49. The summed E-state index contributed by atoms with van der Waals surface area (Å²) in [6, 6.07) is 13.3. The summed E-state index contributed by atoms with van der Waals surface area (Å²) in [6.45, 7) is 0.0143. The van der Waals surface area contributed by atoms with Crippen LogP contribution in [0.4, 0.5) is 22.7 Å². The van der Waals surface area contributed by atoms with Crippen molar-refractivity contribution in [2.24, 2.45) is 0 Å². The van der Waals surface area contributed by atoms with E-state index >= 15 is 0 Å². The lowest BCUT2D eigenvalue weighted by Crippen LogP contribution is -2.31. The summed E-state index contributed by atoms with van der Waals surface area (Å²) in [5.41, 5.74) is 0.277. The van der Waals surface area contributed by atoms with E-state index in [1.165, 1.54) is 0 Å². The Bertz CT molecular complexity index is 1210. The van der Waals surface area contributed by atoms with Gasteiger partial charge in [0, 0.05) is 12.1 Å². The van der Waals surface area contributed by atoms with Crippen LogP contribution in [0.25, 0.3) is 10.2 Å². The van der Waals surface area contributed by atoms with Crippen molar-refractivity contribution in [3.63, 3.8) is 0 Å². The molecule has 1 heterocycles. The van der Waals surface area contributed by atoms with E-state index < -0.39 is 29.2 Å². The number of benzene rings is 3. The molecule has 0 atom stereocenters. The van der Waals surface area contributed by atoms with Gasteiger partial charge >= 0.3 is 0 Å². The molecule has 0 aliphatic heterocycles. The summed E-state index contributed by atoms with van der Waals surface area (Å²) in [5, 5.41) is 0.0714. The predicted molar refractivity (Wildman–Crippen MR) is 103 cm³/mol. The molecular weight excluding hydrogens is 404 g/mol. The number of thiazole rings is 1. The van der Waals surface area contributed by atoms with Crippen LogP contribution in [0.2, 0.25) is 0 Å². The smallest absolute Gasteiger partial charge is 0.263 e. The lowest BCUT2D eigenvalue weighted by molar-refractivity contribution is 0.0981. The van der Waals surface area contributed by atoms with E-state index in [4.69, 9.17) is 0 Å². The molecule has 0 N–H and O–H groups in total. The van der Waals surface area contributed by atoms with Crippen LogP contribution < -0.4 is 4.90 Å². The number of fused-ring (bicyclic) bond motifs is 1. The van der Waals surface area contributed by atoms with Gasteiger partial charge in [-0.2, -0.15) is 0 Å². The Balaban J connectivity index is 1.82. The second-order valence-electron chi connectivity index (χ2n) is 6.23. The van der Waals surface area contributed by atoms with Gasteiger partial charge in [0.05, 0.1) is 16.8 Å². The molecule has 4 rings (SSSR count). The molecule has 3 aromatic carbocycles. The summed E-state index contributed by atoms with van der Waals surface area (Å²) in [5.74, 6) is -4.23. The molecule has 0 saturated heterocycles. The number of aromatic nitrogens is 1. The zero-order chi connectivity index (χ0) is 20.5. The predicted octanol–water partition coefficient (Wildman–Crippen LogP) is 5.70. The van der Waals surface area contributed by atoms with Gasteiger partial charge in [0.15, 0.2) is 10.9 Å². The molecular formula is C21H12F4N2OS. The highest BCUT2D eigenvalue weighted by atomic mass is 32.1. The van der Waals surface area contributed by atoms with E-state index in [-0.39, 0.29) is 27.5 Å². The molecule has 1 amide bonds. The fraction of sp³-hybridized carbons (Fsp3) is 0.0476. The molecule has 0 aliphatic carbocycles.